The molecule has 1 aliphatic heterocycles. The van der Waals surface area contributed by atoms with Crippen LogP contribution in [-0.4, -0.2) is 29.3 Å². The van der Waals surface area contributed by atoms with Crippen LogP contribution in [-0.2, 0) is 15.1 Å². The standard InChI is InChI=1S/C21H18BrN3O4/c1-12-7-8-15(14(22)9-12)23-18(26)11-25-19(27)21(2,24-20(25)28)17-10-13-5-3-4-6-16(13)29-17/h3-10H,11H2,1-2H3,(H,23,26)(H,24,28)/t21-/m0/s1. The number of aryl methyl sites for hydroxylation is 1. The number of imide groups is 1. The van der Waals surface area contributed by atoms with Crippen LogP contribution in [0.3, 0.4) is 0 Å². The van der Waals surface area contributed by atoms with Gasteiger partial charge in [-0.2, -0.15) is 0 Å². The van der Waals surface area contributed by atoms with Gasteiger partial charge in [-0.3, -0.25) is 14.5 Å². The van der Waals surface area contributed by atoms with Crippen molar-refractivity contribution in [2.75, 3.05) is 11.9 Å². The number of carbonyl (C=O) groups is 3. The first kappa shape index (κ1) is 19.2. The van der Waals surface area contributed by atoms with Crippen LogP contribution in [0.2, 0.25) is 0 Å². The largest absolute Gasteiger partial charge is 0.458 e. The number of nitrogens with zero attached hydrogens (tertiary/aromatic N) is 1. The molecule has 2 aromatic carbocycles. The second kappa shape index (κ2) is 7.04. The molecule has 3 aromatic rings. The van der Waals surface area contributed by atoms with E-state index in [-0.39, 0.29) is 0 Å². The Morgan fingerprint density at radius 3 is 2.69 bits per heavy atom. The average Bonchev–Trinajstić information content (AvgIpc) is 3.20. The highest BCUT2D eigenvalue weighted by atomic mass is 79.9. The van der Waals surface area contributed by atoms with Gasteiger partial charge in [0.05, 0.1) is 5.69 Å². The zero-order valence-electron chi connectivity index (χ0n) is 15.8. The van der Waals surface area contributed by atoms with E-state index in [1.54, 1.807) is 25.1 Å². The number of furan rings is 1. The summed E-state index contributed by atoms with van der Waals surface area (Å²) in [6.07, 6.45) is 0. The average molecular weight is 456 g/mol. The topological polar surface area (TPSA) is 91.7 Å². The van der Waals surface area contributed by atoms with Crippen molar-refractivity contribution in [2.24, 2.45) is 0 Å². The van der Waals surface area contributed by atoms with E-state index in [0.717, 1.165) is 20.3 Å². The minimum Gasteiger partial charge on any atom is -0.458 e. The molecule has 0 saturated carbocycles. The van der Waals surface area contributed by atoms with Gasteiger partial charge in [-0.15, -0.1) is 0 Å². The van der Waals surface area contributed by atoms with Gasteiger partial charge < -0.3 is 15.1 Å². The first-order chi connectivity index (χ1) is 13.8. The van der Waals surface area contributed by atoms with Crippen molar-refractivity contribution >= 4 is 50.4 Å². The molecule has 148 valence electrons. The molecule has 2 N–H and O–H groups in total. The number of carbonyl (C=O) groups excluding carboxylic acids is 3. The summed E-state index contributed by atoms with van der Waals surface area (Å²) in [5.41, 5.74) is 0.838. The van der Waals surface area contributed by atoms with Crippen LogP contribution >= 0.6 is 15.9 Å². The fourth-order valence-electron chi connectivity index (χ4n) is 3.29. The Balaban J connectivity index is 1.53. The van der Waals surface area contributed by atoms with Gasteiger partial charge in [-0.25, -0.2) is 4.79 Å². The van der Waals surface area contributed by atoms with Gasteiger partial charge in [0, 0.05) is 9.86 Å². The molecule has 8 heteroatoms. The third-order valence-electron chi connectivity index (χ3n) is 4.89. The van der Waals surface area contributed by atoms with E-state index < -0.39 is 29.9 Å². The molecule has 0 bridgehead atoms. The molecule has 1 aromatic heterocycles. The molecular weight excluding hydrogens is 438 g/mol. The molecule has 7 nitrogen and oxygen atoms in total. The van der Waals surface area contributed by atoms with Gasteiger partial charge >= 0.3 is 6.03 Å². The van der Waals surface area contributed by atoms with E-state index in [4.69, 9.17) is 4.42 Å². The number of hydrogen-bond donors (Lipinski definition) is 2. The van der Waals surface area contributed by atoms with Crippen molar-refractivity contribution in [1.82, 2.24) is 10.2 Å². The maximum atomic E-state index is 13.0. The van der Waals surface area contributed by atoms with E-state index in [1.807, 2.05) is 37.3 Å². The summed E-state index contributed by atoms with van der Waals surface area (Å²) in [5, 5.41) is 6.19. The lowest BCUT2D eigenvalue weighted by molar-refractivity contribution is -0.134. The van der Waals surface area contributed by atoms with E-state index in [1.165, 1.54) is 0 Å². The molecule has 0 unspecified atom stereocenters. The van der Waals surface area contributed by atoms with Crippen molar-refractivity contribution in [2.45, 2.75) is 19.4 Å². The number of anilines is 1. The first-order valence-corrected chi connectivity index (χ1v) is 9.76. The molecule has 0 spiro atoms. The summed E-state index contributed by atoms with van der Waals surface area (Å²) < 4.78 is 6.50. The number of rotatable bonds is 4. The summed E-state index contributed by atoms with van der Waals surface area (Å²) >= 11 is 3.39. The van der Waals surface area contributed by atoms with Crippen LogP contribution in [0.15, 0.2) is 57.4 Å². The third kappa shape index (κ3) is 3.40. The zero-order chi connectivity index (χ0) is 20.8. The molecule has 1 atom stereocenters. The molecule has 4 amide bonds. The van der Waals surface area contributed by atoms with Crippen LogP contribution in [0.4, 0.5) is 10.5 Å². The van der Waals surface area contributed by atoms with E-state index >= 15 is 0 Å². The predicted octanol–water partition coefficient (Wildman–Crippen LogP) is 3.91. The number of nitrogens with one attached hydrogen (secondary N) is 2. The molecule has 29 heavy (non-hydrogen) atoms. The molecule has 2 heterocycles. The second-order valence-corrected chi connectivity index (χ2v) is 7.98. The number of halogens is 1. The van der Waals surface area contributed by atoms with Crippen LogP contribution in [0.5, 0.6) is 0 Å². The molecule has 1 aliphatic rings. The molecular formula is C21H18BrN3O4. The van der Waals surface area contributed by atoms with Gasteiger partial charge in [0.1, 0.15) is 17.9 Å². The Hall–Kier alpha value is -3.13. The summed E-state index contributed by atoms with van der Waals surface area (Å²) in [6.45, 7) is 3.10. The summed E-state index contributed by atoms with van der Waals surface area (Å²) in [6, 6.07) is 13.9. The van der Waals surface area contributed by atoms with E-state index in [2.05, 4.69) is 26.6 Å². The summed E-state index contributed by atoms with van der Waals surface area (Å²) in [7, 11) is 0. The highest BCUT2D eigenvalue weighted by Crippen LogP contribution is 2.33. The monoisotopic (exact) mass is 455 g/mol. The number of amides is 4. The lowest BCUT2D eigenvalue weighted by Crippen LogP contribution is -2.41. The van der Waals surface area contributed by atoms with Gasteiger partial charge in [0.25, 0.3) is 5.91 Å². The molecule has 1 saturated heterocycles. The molecule has 0 aliphatic carbocycles. The number of para-hydroxylation sites is 1. The van der Waals surface area contributed by atoms with Crippen LogP contribution < -0.4 is 10.6 Å². The number of hydrogen-bond acceptors (Lipinski definition) is 4. The fraction of sp³-hybridized carbons (Fsp3) is 0.190. The Morgan fingerprint density at radius 1 is 1.21 bits per heavy atom. The fourth-order valence-corrected chi connectivity index (χ4v) is 3.88. The van der Waals surface area contributed by atoms with Crippen LogP contribution in [0, 0.1) is 6.92 Å². The van der Waals surface area contributed by atoms with Crippen LogP contribution in [0.25, 0.3) is 11.0 Å². The van der Waals surface area contributed by atoms with Gasteiger partial charge in [0.15, 0.2) is 5.54 Å². The van der Waals surface area contributed by atoms with Crippen molar-refractivity contribution < 1.29 is 18.8 Å². The first-order valence-electron chi connectivity index (χ1n) is 8.97. The maximum absolute atomic E-state index is 13.0. The molecule has 4 rings (SSSR count). The lowest BCUT2D eigenvalue weighted by Gasteiger charge is -2.19. The lowest BCUT2D eigenvalue weighted by atomic mass is 9.99. The third-order valence-corrected chi connectivity index (χ3v) is 5.55. The minimum atomic E-state index is -1.37. The van der Waals surface area contributed by atoms with E-state index in [0.29, 0.717) is 17.0 Å². The Bertz CT molecular complexity index is 1120. The highest BCUT2D eigenvalue weighted by molar-refractivity contribution is 9.10. The van der Waals surface area contributed by atoms with Crippen molar-refractivity contribution in [3.8, 4) is 0 Å². The van der Waals surface area contributed by atoms with Crippen molar-refractivity contribution in [3.63, 3.8) is 0 Å². The Kier molecular flexibility index (Phi) is 4.66. The highest BCUT2D eigenvalue weighted by Gasteiger charge is 2.51. The normalized spacial score (nSPS) is 18.9. The maximum Gasteiger partial charge on any atom is 0.325 e. The molecule has 0 radical (unpaired) electrons. The zero-order valence-corrected chi connectivity index (χ0v) is 17.4. The van der Waals surface area contributed by atoms with Crippen LogP contribution in [0.1, 0.15) is 18.2 Å². The minimum absolute atomic E-state index is 0.321. The number of benzene rings is 2. The number of urea groups is 1. The van der Waals surface area contributed by atoms with Gasteiger partial charge in [0.2, 0.25) is 5.91 Å². The number of fused-ring (bicyclic) bond motifs is 1. The van der Waals surface area contributed by atoms with Gasteiger partial charge in [-0.05, 0) is 59.6 Å². The quantitative estimate of drug-likeness (QED) is 0.583. The van der Waals surface area contributed by atoms with E-state index in [9.17, 15) is 14.4 Å². The predicted molar refractivity (Wildman–Crippen MR) is 111 cm³/mol. The Labute approximate surface area is 175 Å². The Morgan fingerprint density at radius 2 is 1.97 bits per heavy atom. The summed E-state index contributed by atoms with van der Waals surface area (Å²) in [4.78, 5) is 38.8. The molecule has 1 fully saturated rings. The SMILES string of the molecule is Cc1ccc(NC(=O)CN2C(=O)N[C@@](C)(c3cc4ccccc4o3)C2=O)c(Br)c1. The van der Waals surface area contributed by atoms with Crippen molar-refractivity contribution in [3.05, 3.63) is 64.3 Å². The smallest absolute Gasteiger partial charge is 0.325 e. The summed E-state index contributed by atoms with van der Waals surface area (Å²) in [5.74, 6) is -0.701. The van der Waals surface area contributed by atoms with Crippen molar-refractivity contribution in [1.29, 1.82) is 0 Å². The van der Waals surface area contributed by atoms with Gasteiger partial charge in [-0.1, -0.05) is 24.3 Å². The second-order valence-electron chi connectivity index (χ2n) is 7.13.